The van der Waals surface area contributed by atoms with E-state index in [-0.39, 0.29) is 18.1 Å². The first kappa shape index (κ1) is 23.7. The van der Waals surface area contributed by atoms with Crippen molar-refractivity contribution >= 4 is 34.7 Å². The molecule has 6 nitrogen and oxygen atoms in total. The molecule has 0 aliphatic rings. The van der Waals surface area contributed by atoms with Crippen molar-refractivity contribution in [3.63, 3.8) is 0 Å². The first-order chi connectivity index (χ1) is 16.5. The number of thioether (sulfide) groups is 1. The van der Waals surface area contributed by atoms with Crippen LogP contribution >= 0.6 is 23.1 Å². The fraction of sp³-hybridized carbons (Fsp3) is 0.231. The van der Waals surface area contributed by atoms with Crippen LogP contribution in [0.2, 0.25) is 0 Å². The molecular formula is C26H25N5OS2. The van der Waals surface area contributed by atoms with E-state index in [1.54, 1.807) is 16.2 Å². The number of rotatable bonds is 9. The lowest BCUT2D eigenvalue weighted by atomic mass is 10.1. The van der Waals surface area contributed by atoms with Crippen molar-refractivity contribution in [3.8, 4) is 11.8 Å². The molecule has 0 aliphatic heterocycles. The molecule has 0 atom stereocenters. The Balaban J connectivity index is 1.58. The standard InChI is InChI=1S/C26H25N5OS2/c1-19-14-20(2)16-22(15-19)30(12-7-11-27)25(32)18-34-26-29-28-24(17-23-10-6-13-33-23)31(26)21-8-4-3-5-9-21/h3-6,8-10,13-16H,7,12,17-18H2,1-2H3. The lowest BCUT2D eigenvalue weighted by Gasteiger charge is -2.22. The summed E-state index contributed by atoms with van der Waals surface area (Å²) >= 11 is 3.05. The maximum atomic E-state index is 13.3. The quantitative estimate of drug-likeness (QED) is 0.288. The van der Waals surface area contributed by atoms with E-state index in [9.17, 15) is 4.79 Å². The Hall–Kier alpha value is -3.41. The fourth-order valence-electron chi connectivity index (χ4n) is 3.78. The Labute approximate surface area is 207 Å². The Morgan fingerprint density at radius 3 is 2.53 bits per heavy atom. The first-order valence-electron chi connectivity index (χ1n) is 11.0. The summed E-state index contributed by atoms with van der Waals surface area (Å²) in [7, 11) is 0. The molecular weight excluding hydrogens is 462 g/mol. The molecule has 8 heteroatoms. The average Bonchev–Trinajstić information content (AvgIpc) is 3.48. The van der Waals surface area contributed by atoms with Gasteiger partial charge in [0, 0.05) is 29.2 Å². The maximum absolute atomic E-state index is 13.3. The Kier molecular flexibility index (Phi) is 7.78. The summed E-state index contributed by atoms with van der Waals surface area (Å²) in [5.41, 5.74) is 3.95. The van der Waals surface area contributed by atoms with E-state index in [2.05, 4.69) is 33.8 Å². The third kappa shape index (κ3) is 5.74. The number of carbonyl (C=O) groups excluding carboxylic acids is 1. The number of hydrogen-bond acceptors (Lipinski definition) is 6. The monoisotopic (exact) mass is 487 g/mol. The summed E-state index contributed by atoms with van der Waals surface area (Å²) in [6, 6.07) is 22.3. The summed E-state index contributed by atoms with van der Waals surface area (Å²) in [5, 5.41) is 20.7. The van der Waals surface area contributed by atoms with Gasteiger partial charge in [-0.1, -0.05) is 42.1 Å². The second-order valence-electron chi connectivity index (χ2n) is 7.91. The van der Waals surface area contributed by atoms with Crippen molar-refractivity contribution in [2.45, 2.75) is 31.8 Å². The number of nitriles is 1. The van der Waals surface area contributed by atoms with Crippen LogP contribution in [0.5, 0.6) is 0 Å². The van der Waals surface area contributed by atoms with Gasteiger partial charge in [-0.3, -0.25) is 9.36 Å². The van der Waals surface area contributed by atoms with Gasteiger partial charge in [-0.25, -0.2) is 0 Å². The summed E-state index contributed by atoms with van der Waals surface area (Å²) in [4.78, 5) is 16.2. The van der Waals surface area contributed by atoms with E-state index >= 15 is 0 Å². The van der Waals surface area contributed by atoms with E-state index in [0.29, 0.717) is 18.1 Å². The van der Waals surface area contributed by atoms with Gasteiger partial charge in [0.1, 0.15) is 5.82 Å². The Morgan fingerprint density at radius 1 is 1.09 bits per heavy atom. The van der Waals surface area contributed by atoms with Crippen molar-refractivity contribution in [2.24, 2.45) is 0 Å². The molecule has 1 amide bonds. The van der Waals surface area contributed by atoms with Crippen LogP contribution in [-0.4, -0.2) is 33.0 Å². The zero-order chi connectivity index (χ0) is 23.9. The van der Waals surface area contributed by atoms with Crippen molar-refractivity contribution in [1.29, 1.82) is 5.26 Å². The zero-order valence-corrected chi connectivity index (χ0v) is 20.8. The third-order valence-electron chi connectivity index (χ3n) is 5.22. The van der Waals surface area contributed by atoms with Gasteiger partial charge in [-0.2, -0.15) is 5.26 Å². The van der Waals surface area contributed by atoms with E-state index < -0.39 is 0 Å². The molecule has 0 saturated heterocycles. The molecule has 2 aromatic carbocycles. The molecule has 0 fully saturated rings. The molecule has 4 aromatic rings. The van der Waals surface area contributed by atoms with Gasteiger partial charge >= 0.3 is 0 Å². The summed E-state index contributed by atoms with van der Waals surface area (Å²) in [5.74, 6) is 0.967. The number of aryl methyl sites for hydroxylation is 2. The molecule has 0 aliphatic carbocycles. The number of thiophene rings is 1. The largest absolute Gasteiger partial charge is 0.311 e. The molecule has 4 rings (SSSR count). The Morgan fingerprint density at radius 2 is 1.85 bits per heavy atom. The minimum Gasteiger partial charge on any atom is -0.311 e. The minimum absolute atomic E-state index is 0.0623. The normalized spacial score (nSPS) is 10.7. The van der Waals surface area contributed by atoms with Crippen LogP contribution in [0.25, 0.3) is 5.69 Å². The Bertz CT molecular complexity index is 1270. The SMILES string of the molecule is Cc1cc(C)cc(N(CCC#N)C(=O)CSc2nnc(Cc3cccs3)n2-c2ccccc2)c1. The van der Waals surface area contributed by atoms with Crippen molar-refractivity contribution in [2.75, 3.05) is 17.2 Å². The van der Waals surface area contributed by atoms with E-state index in [1.807, 2.05) is 66.9 Å². The first-order valence-corrected chi connectivity index (χ1v) is 12.8. The van der Waals surface area contributed by atoms with Crippen LogP contribution in [-0.2, 0) is 11.2 Å². The van der Waals surface area contributed by atoms with Crippen LogP contribution < -0.4 is 4.90 Å². The fourth-order valence-corrected chi connectivity index (χ4v) is 5.33. The van der Waals surface area contributed by atoms with Crippen molar-refractivity contribution < 1.29 is 4.79 Å². The lowest BCUT2D eigenvalue weighted by molar-refractivity contribution is -0.116. The van der Waals surface area contributed by atoms with E-state index in [1.165, 1.54) is 16.6 Å². The van der Waals surface area contributed by atoms with Gasteiger partial charge in [-0.05, 0) is 60.7 Å². The number of carbonyl (C=O) groups is 1. The second-order valence-corrected chi connectivity index (χ2v) is 9.89. The third-order valence-corrected chi connectivity index (χ3v) is 7.01. The molecule has 2 aromatic heterocycles. The summed E-state index contributed by atoms with van der Waals surface area (Å²) in [6.45, 7) is 4.37. The molecule has 34 heavy (non-hydrogen) atoms. The molecule has 0 unspecified atom stereocenters. The second kappa shape index (κ2) is 11.1. The highest BCUT2D eigenvalue weighted by atomic mass is 32.2. The van der Waals surface area contributed by atoms with Gasteiger partial charge < -0.3 is 4.90 Å². The predicted molar refractivity (Wildman–Crippen MR) is 138 cm³/mol. The van der Waals surface area contributed by atoms with Crippen molar-refractivity contribution in [1.82, 2.24) is 14.8 Å². The van der Waals surface area contributed by atoms with Crippen LogP contribution in [0.1, 0.15) is 28.2 Å². The van der Waals surface area contributed by atoms with Crippen LogP contribution in [0.15, 0.2) is 71.2 Å². The minimum atomic E-state index is -0.0623. The number of amides is 1. The average molecular weight is 488 g/mol. The van der Waals surface area contributed by atoms with Gasteiger partial charge in [0.25, 0.3) is 0 Å². The van der Waals surface area contributed by atoms with Gasteiger partial charge in [0.2, 0.25) is 5.91 Å². The van der Waals surface area contributed by atoms with E-state index in [4.69, 9.17) is 5.26 Å². The molecule has 0 spiro atoms. The highest BCUT2D eigenvalue weighted by molar-refractivity contribution is 7.99. The number of hydrogen-bond donors (Lipinski definition) is 0. The number of benzene rings is 2. The molecule has 2 heterocycles. The van der Waals surface area contributed by atoms with Crippen LogP contribution in [0.3, 0.4) is 0 Å². The van der Waals surface area contributed by atoms with Crippen LogP contribution in [0.4, 0.5) is 5.69 Å². The summed E-state index contributed by atoms with van der Waals surface area (Å²) < 4.78 is 2.02. The van der Waals surface area contributed by atoms with E-state index in [0.717, 1.165) is 28.3 Å². The molecule has 0 saturated carbocycles. The molecule has 0 N–H and O–H groups in total. The number of anilines is 1. The maximum Gasteiger partial charge on any atom is 0.237 e. The molecule has 0 radical (unpaired) electrons. The number of nitrogens with zero attached hydrogens (tertiary/aromatic N) is 5. The van der Waals surface area contributed by atoms with Crippen molar-refractivity contribution in [3.05, 3.63) is 87.9 Å². The molecule has 0 bridgehead atoms. The van der Waals surface area contributed by atoms with Crippen LogP contribution in [0, 0.1) is 25.2 Å². The van der Waals surface area contributed by atoms with Gasteiger partial charge in [0.05, 0.1) is 18.2 Å². The number of aromatic nitrogens is 3. The smallest absolute Gasteiger partial charge is 0.237 e. The molecule has 172 valence electrons. The summed E-state index contributed by atoms with van der Waals surface area (Å²) in [6.07, 6.45) is 0.944. The zero-order valence-electron chi connectivity index (χ0n) is 19.1. The lowest BCUT2D eigenvalue weighted by Crippen LogP contribution is -2.33. The van der Waals surface area contributed by atoms with Gasteiger partial charge in [0.15, 0.2) is 5.16 Å². The highest BCUT2D eigenvalue weighted by Gasteiger charge is 2.20. The highest BCUT2D eigenvalue weighted by Crippen LogP contribution is 2.26. The predicted octanol–water partition coefficient (Wildman–Crippen LogP) is 5.58. The van der Waals surface area contributed by atoms with Gasteiger partial charge in [-0.15, -0.1) is 21.5 Å². The number of para-hydroxylation sites is 1. The topological polar surface area (TPSA) is 74.8 Å².